The highest BCUT2D eigenvalue weighted by Gasteiger charge is 2.25. The summed E-state index contributed by atoms with van der Waals surface area (Å²) in [4.78, 5) is 14.0. The van der Waals surface area contributed by atoms with Gasteiger partial charge in [0.15, 0.2) is 6.29 Å². The Labute approximate surface area is 131 Å². The molecule has 0 saturated carbocycles. The highest BCUT2D eigenvalue weighted by atomic mass is 35.5. The van der Waals surface area contributed by atoms with Crippen molar-refractivity contribution in [2.24, 2.45) is 0 Å². The van der Waals surface area contributed by atoms with Crippen LogP contribution in [0.4, 0.5) is 5.69 Å². The third kappa shape index (κ3) is 3.96. The molecule has 0 unspecified atom stereocenters. The zero-order chi connectivity index (χ0) is 15.2. The number of carbonyl (C=O) groups is 1. The van der Waals surface area contributed by atoms with Gasteiger partial charge in [-0.3, -0.25) is 4.79 Å². The Bertz CT molecular complexity index is 486. The maximum atomic E-state index is 12.3. The van der Waals surface area contributed by atoms with Gasteiger partial charge in [-0.25, -0.2) is 0 Å². The van der Waals surface area contributed by atoms with Gasteiger partial charge >= 0.3 is 0 Å². The van der Waals surface area contributed by atoms with Gasteiger partial charge < -0.3 is 14.4 Å². The fourth-order valence-electron chi connectivity index (χ4n) is 2.57. The number of anilines is 1. The zero-order valence-electron chi connectivity index (χ0n) is 12.6. The monoisotopic (exact) mass is 311 g/mol. The molecule has 5 heteroatoms. The molecule has 1 fully saturated rings. The second kappa shape index (κ2) is 7.78. The lowest BCUT2D eigenvalue weighted by Gasteiger charge is -2.31. The summed E-state index contributed by atoms with van der Waals surface area (Å²) in [6.07, 6.45) is 1.37. The fourth-order valence-corrected chi connectivity index (χ4v) is 2.72. The number of amides is 1. The second-order valence-electron chi connectivity index (χ2n) is 5.10. The van der Waals surface area contributed by atoms with Gasteiger partial charge in [0.25, 0.3) is 0 Å². The molecule has 0 atom stereocenters. The van der Waals surface area contributed by atoms with Crippen molar-refractivity contribution in [2.75, 3.05) is 30.5 Å². The van der Waals surface area contributed by atoms with Crippen LogP contribution < -0.4 is 4.90 Å². The topological polar surface area (TPSA) is 38.8 Å². The van der Waals surface area contributed by atoms with Gasteiger partial charge in [-0.15, -0.1) is 11.6 Å². The Morgan fingerprint density at radius 1 is 1.38 bits per heavy atom. The molecule has 0 aromatic heterocycles. The van der Waals surface area contributed by atoms with Gasteiger partial charge in [-0.1, -0.05) is 25.1 Å². The molecule has 0 aliphatic carbocycles. The average molecular weight is 312 g/mol. The first-order valence-electron chi connectivity index (χ1n) is 7.35. The number of alkyl halides is 1. The number of nitrogens with zero attached hydrogens (tertiary/aromatic N) is 1. The van der Waals surface area contributed by atoms with E-state index < -0.39 is 0 Å². The van der Waals surface area contributed by atoms with E-state index in [1.165, 1.54) is 0 Å². The summed E-state index contributed by atoms with van der Waals surface area (Å²) in [5, 5.41) is 0. The lowest BCUT2D eigenvalue weighted by atomic mass is 10.0. The molecule has 0 radical (unpaired) electrons. The number of rotatable bonds is 5. The molecule has 116 valence electrons. The van der Waals surface area contributed by atoms with Gasteiger partial charge in [0.05, 0.1) is 19.8 Å². The number of benzene rings is 1. The van der Waals surface area contributed by atoms with E-state index in [-0.39, 0.29) is 18.1 Å². The van der Waals surface area contributed by atoms with E-state index in [4.69, 9.17) is 21.1 Å². The average Bonchev–Trinajstić information content (AvgIpc) is 2.53. The molecular weight excluding hydrogens is 290 g/mol. The fraction of sp³-hybridized carbons (Fsp3) is 0.562. The smallest absolute Gasteiger partial charge is 0.242 e. The number of carbonyl (C=O) groups excluding carboxylic acids is 1. The van der Waals surface area contributed by atoms with Crippen LogP contribution in [0, 0.1) is 6.92 Å². The summed E-state index contributed by atoms with van der Waals surface area (Å²) in [5.41, 5.74) is 3.12. The third-order valence-corrected chi connectivity index (χ3v) is 3.84. The first-order valence-corrected chi connectivity index (χ1v) is 7.88. The van der Waals surface area contributed by atoms with E-state index >= 15 is 0 Å². The molecule has 1 aromatic carbocycles. The zero-order valence-corrected chi connectivity index (χ0v) is 13.4. The van der Waals surface area contributed by atoms with Crippen molar-refractivity contribution in [3.63, 3.8) is 0 Å². The standard InChI is InChI=1S/C16H22ClNO3/c1-3-13-7-4-6-12(2)16(13)18(14(19)10-17)11-15-20-8-5-9-21-15/h4,6-7,15H,3,5,8-11H2,1-2H3. The first kappa shape index (κ1) is 16.3. The number of hydrogen-bond acceptors (Lipinski definition) is 3. The minimum absolute atomic E-state index is 0.0514. The molecule has 0 N–H and O–H groups in total. The minimum Gasteiger partial charge on any atom is -0.351 e. The van der Waals surface area contributed by atoms with Crippen LogP contribution in [-0.4, -0.2) is 37.8 Å². The summed E-state index contributed by atoms with van der Waals surface area (Å²) in [7, 11) is 0. The van der Waals surface area contributed by atoms with Crippen LogP contribution in [0.3, 0.4) is 0 Å². The molecule has 1 saturated heterocycles. The summed E-state index contributed by atoms with van der Waals surface area (Å²) in [5.74, 6) is -0.178. The molecule has 1 aliphatic heterocycles. The highest BCUT2D eigenvalue weighted by Crippen LogP contribution is 2.27. The predicted octanol–water partition coefficient (Wildman–Crippen LogP) is 2.89. The number of halogens is 1. The molecule has 2 rings (SSSR count). The highest BCUT2D eigenvalue weighted by molar-refractivity contribution is 6.29. The molecule has 1 heterocycles. The summed E-state index contributed by atoms with van der Waals surface area (Å²) in [6, 6.07) is 6.06. The summed E-state index contributed by atoms with van der Waals surface area (Å²) < 4.78 is 11.2. The van der Waals surface area contributed by atoms with Crippen molar-refractivity contribution in [2.45, 2.75) is 33.0 Å². The van der Waals surface area contributed by atoms with Gasteiger partial charge in [-0.05, 0) is 30.9 Å². The van der Waals surface area contributed by atoms with Crippen molar-refractivity contribution in [1.82, 2.24) is 0 Å². The van der Waals surface area contributed by atoms with Crippen LogP contribution in [0.1, 0.15) is 24.5 Å². The molecule has 0 spiro atoms. The van der Waals surface area contributed by atoms with Crippen molar-refractivity contribution >= 4 is 23.2 Å². The van der Waals surface area contributed by atoms with E-state index in [0.717, 1.165) is 29.7 Å². The quantitative estimate of drug-likeness (QED) is 0.785. The number of ether oxygens (including phenoxy) is 2. The number of hydrogen-bond donors (Lipinski definition) is 0. The van der Waals surface area contributed by atoms with Gasteiger partial charge in [-0.2, -0.15) is 0 Å². The molecular formula is C16H22ClNO3. The van der Waals surface area contributed by atoms with Crippen LogP contribution >= 0.6 is 11.6 Å². The number of aryl methyl sites for hydroxylation is 2. The van der Waals surface area contributed by atoms with Crippen LogP contribution in [-0.2, 0) is 20.7 Å². The first-order chi connectivity index (χ1) is 10.2. The maximum absolute atomic E-state index is 12.3. The van der Waals surface area contributed by atoms with E-state index in [2.05, 4.69) is 6.92 Å². The second-order valence-corrected chi connectivity index (χ2v) is 5.37. The Kier molecular flexibility index (Phi) is 6.03. The molecule has 21 heavy (non-hydrogen) atoms. The van der Waals surface area contributed by atoms with Crippen LogP contribution in [0.5, 0.6) is 0 Å². The molecule has 0 bridgehead atoms. The van der Waals surface area contributed by atoms with E-state index in [1.807, 2.05) is 25.1 Å². The molecule has 1 amide bonds. The summed E-state index contributed by atoms with van der Waals surface area (Å²) in [6.45, 7) is 5.80. The predicted molar refractivity (Wildman–Crippen MR) is 83.9 cm³/mol. The van der Waals surface area contributed by atoms with Crippen molar-refractivity contribution in [3.8, 4) is 0 Å². The molecule has 4 nitrogen and oxygen atoms in total. The maximum Gasteiger partial charge on any atom is 0.242 e. The Morgan fingerprint density at radius 3 is 2.71 bits per heavy atom. The van der Waals surface area contributed by atoms with Crippen LogP contribution in [0.2, 0.25) is 0 Å². The molecule has 1 aromatic rings. The third-order valence-electron chi connectivity index (χ3n) is 3.62. The van der Waals surface area contributed by atoms with Gasteiger partial charge in [0.2, 0.25) is 5.91 Å². The Morgan fingerprint density at radius 2 is 2.10 bits per heavy atom. The SMILES string of the molecule is CCc1cccc(C)c1N(CC1OCCCO1)C(=O)CCl. The van der Waals surface area contributed by atoms with Crippen LogP contribution in [0.25, 0.3) is 0 Å². The van der Waals surface area contributed by atoms with Gasteiger partial charge in [0, 0.05) is 5.69 Å². The normalized spacial score (nSPS) is 16.0. The largest absolute Gasteiger partial charge is 0.351 e. The van der Waals surface area contributed by atoms with Gasteiger partial charge in [0.1, 0.15) is 5.88 Å². The van der Waals surface area contributed by atoms with Crippen molar-refractivity contribution < 1.29 is 14.3 Å². The Balaban J connectivity index is 2.29. The molecule has 1 aliphatic rings. The minimum atomic E-state index is -0.379. The van der Waals surface area contributed by atoms with Crippen molar-refractivity contribution in [1.29, 1.82) is 0 Å². The van der Waals surface area contributed by atoms with E-state index in [1.54, 1.807) is 4.90 Å². The van der Waals surface area contributed by atoms with E-state index in [0.29, 0.717) is 19.8 Å². The van der Waals surface area contributed by atoms with E-state index in [9.17, 15) is 4.79 Å². The summed E-state index contributed by atoms with van der Waals surface area (Å²) >= 11 is 5.79. The Hall–Kier alpha value is -1.10. The van der Waals surface area contributed by atoms with Crippen LogP contribution in [0.15, 0.2) is 18.2 Å². The van der Waals surface area contributed by atoms with Crippen molar-refractivity contribution in [3.05, 3.63) is 29.3 Å². The number of para-hydroxylation sites is 1. The lowest BCUT2D eigenvalue weighted by Crippen LogP contribution is -2.43. The lowest BCUT2D eigenvalue weighted by molar-refractivity contribution is -0.173.